The zero-order chi connectivity index (χ0) is 9.30. The lowest BCUT2D eigenvalue weighted by molar-refractivity contribution is 0.644. The van der Waals surface area contributed by atoms with Crippen molar-refractivity contribution in [2.45, 2.75) is 20.4 Å². The van der Waals surface area contributed by atoms with Crippen molar-refractivity contribution >= 4 is 24.4 Å². The molecule has 66 valence electrons. The van der Waals surface area contributed by atoms with Gasteiger partial charge in [-0.25, -0.2) is 0 Å². The van der Waals surface area contributed by atoms with Crippen molar-refractivity contribution in [2.75, 3.05) is 0 Å². The first-order valence-electron chi connectivity index (χ1n) is 3.85. The van der Waals surface area contributed by atoms with E-state index in [1.807, 2.05) is 24.6 Å². The van der Waals surface area contributed by atoms with Crippen LogP contribution in [0, 0.1) is 16.3 Å². The Hall–Kier alpha value is -0.480. The van der Waals surface area contributed by atoms with Crippen molar-refractivity contribution in [3.05, 3.63) is 21.2 Å². The lowest BCUT2D eigenvalue weighted by Gasteiger charge is -2.10. The standard InChI is InChI=1S/C8H12N2S2/c1-4-10-6(2)5-7(11)9(3)8(10)12/h5H,4H2,1-3H3. The summed E-state index contributed by atoms with van der Waals surface area (Å²) >= 11 is 10.3. The Morgan fingerprint density at radius 3 is 2.50 bits per heavy atom. The lowest BCUT2D eigenvalue weighted by Crippen LogP contribution is -2.09. The maximum atomic E-state index is 5.23. The fraction of sp³-hybridized carbons (Fsp3) is 0.500. The molecule has 12 heavy (non-hydrogen) atoms. The zero-order valence-corrected chi connectivity index (χ0v) is 9.13. The molecular formula is C8H12N2S2. The summed E-state index contributed by atoms with van der Waals surface area (Å²) in [5.41, 5.74) is 1.13. The summed E-state index contributed by atoms with van der Waals surface area (Å²) in [5, 5.41) is 0. The van der Waals surface area contributed by atoms with E-state index in [0.29, 0.717) is 0 Å². The molecule has 4 heteroatoms. The van der Waals surface area contributed by atoms with Gasteiger partial charge in [-0.2, -0.15) is 0 Å². The summed E-state index contributed by atoms with van der Waals surface area (Å²) in [5.74, 6) is 0. The summed E-state index contributed by atoms with van der Waals surface area (Å²) in [6.45, 7) is 5.00. The number of hydrogen-bond donors (Lipinski definition) is 0. The van der Waals surface area contributed by atoms with E-state index in [2.05, 4.69) is 11.5 Å². The van der Waals surface area contributed by atoms with Crippen LogP contribution in [0.25, 0.3) is 0 Å². The van der Waals surface area contributed by atoms with Crippen LogP contribution in [0.1, 0.15) is 12.6 Å². The largest absolute Gasteiger partial charge is 0.323 e. The van der Waals surface area contributed by atoms with Gasteiger partial charge in [0.05, 0.1) is 0 Å². The highest BCUT2D eigenvalue weighted by molar-refractivity contribution is 7.72. The lowest BCUT2D eigenvalue weighted by atomic mass is 10.4. The molecule has 0 fully saturated rings. The zero-order valence-electron chi connectivity index (χ0n) is 7.50. The maximum Gasteiger partial charge on any atom is 0.180 e. The summed E-state index contributed by atoms with van der Waals surface area (Å²) in [6.07, 6.45) is 0. The summed E-state index contributed by atoms with van der Waals surface area (Å²) in [6, 6.07) is 1.97. The SMILES string of the molecule is CCn1c(C)cc(=S)n(C)c1=S. The average Bonchev–Trinajstić information content (AvgIpc) is 2.01. The van der Waals surface area contributed by atoms with Gasteiger partial charge in [-0.1, -0.05) is 12.2 Å². The van der Waals surface area contributed by atoms with Gasteiger partial charge in [0.1, 0.15) is 4.64 Å². The second kappa shape index (κ2) is 3.49. The summed E-state index contributed by atoms with van der Waals surface area (Å²) in [7, 11) is 1.90. The fourth-order valence-corrected chi connectivity index (χ4v) is 1.85. The number of aryl methyl sites for hydroxylation is 1. The van der Waals surface area contributed by atoms with E-state index in [-0.39, 0.29) is 0 Å². The Kier molecular flexibility index (Phi) is 2.80. The van der Waals surface area contributed by atoms with Gasteiger partial charge in [-0.05, 0) is 32.1 Å². The first-order valence-corrected chi connectivity index (χ1v) is 4.67. The Morgan fingerprint density at radius 2 is 2.00 bits per heavy atom. The Bertz CT molecular complexity index is 400. The monoisotopic (exact) mass is 200 g/mol. The Morgan fingerprint density at radius 1 is 1.42 bits per heavy atom. The number of nitrogens with zero attached hydrogens (tertiary/aromatic N) is 2. The minimum absolute atomic E-state index is 0.794. The Labute approximate surface area is 82.5 Å². The number of hydrogen-bond acceptors (Lipinski definition) is 2. The third kappa shape index (κ3) is 1.49. The number of aromatic nitrogens is 2. The molecule has 0 atom stereocenters. The molecule has 0 spiro atoms. The molecule has 1 rings (SSSR count). The molecule has 1 heterocycles. The molecule has 0 aliphatic rings. The Balaban J connectivity index is 3.63. The maximum absolute atomic E-state index is 5.23. The predicted octanol–water partition coefficient (Wildman–Crippen LogP) is 2.61. The molecule has 0 aliphatic heterocycles. The molecule has 1 aromatic heterocycles. The van der Waals surface area contributed by atoms with Gasteiger partial charge in [0.2, 0.25) is 0 Å². The second-order valence-corrected chi connectivity index (χ2v) is 3.49. The molecule has 0 aromatic carbocycles. The van der Waals surface area contributed by atoms with E-state index in [1.165, 1.54) is 0 Å². The van der Waals surface area contributed by atoms with Crippen molar-refractivity contribution in [2.24, 2.45) is 7.05 Å². The molecule has 1 aromatic rings. The van der Waals surface area contributed by atoms with Gasteiger partial charge in [0.25, 0.3) is 0 Å². The van der Waals surface area contributed by atoms with Gasteiger partial charge in [0.15, 0.2) is 4.77 Å². The number of rotatable bonds is 1. The normalized spacial score (nSPS) is 10.2. The molecular weight excluding hydrogens is 188 g/mol. The van der Waals surface area contributed by atoms with E-state index >= 15 is 0 Å². The van der Waals surface area contributed by atoms with E-state index in [4.69, 9.17) is 24.4 Å². The minimum atomic E-state index is 0.794. The summed E-state index contributed by atoms with van der Waals surface area (Å²) < 4.78 is 5.50. The van der Waals surface area contributed by atoms with Crippen LogP contribution in [0.5, 0.6) is 0 Å². The first-order chi connectivity index (χ1) is 5.57. The van der Waals surface area contributed by atoms with Crippen molar-refractivity contribution in [1.82, 2.24) is 9.13 Å². The third-order valence-electron chi connectivity index (χ3n) is 1.92. The van der Waals surface area contributed by atoms with Crippen LogP contribution >= 0.6 is 24.4 Å². The highest BCUT2D eigenvalue weighted by Crippen LogP contribution is 2.02. The predicted molar refractivity (Wildman–Crippen MR) is 55.5 cm³/mol. The van der Waals surface area contributed by atoms with Crippen molar-refractivity contribution in [3.8, 4) is 0 Å². The van der Waals surface area contributed by atoms with Crippen LogP contribution in [0.15, 0.2) is 6.07 Å². The van der Waals surface area contributed by atoms with Gasteiger partial charge in [-0.15, -0.1) is 0 Å². The van der Waals surface area contributed by atoms with Crippen molar-refractivity contribution in [3.63, 3.8) is 0 Å². The summed E-state index contributed by atoms with van der Waals surface area (Å²) in [4.78, 5) is 0. The fourth-order valence-electron chi connectivity index (χ4n) is 1.16. The molecule has 0 radical (unpaired) electrons. The molecule has 0 aliphatic carbocycles. The van der Waals surface area contributed by atoms with Crippen LogP contribution in [0.2, 0.25) is 0 Å². The minimum Gasteiger partial charge on any atom is -0.323 e. The quantitative estimate of drug-likeness (QED) is 0.645. The molecule has 0 amide bonds. The second-order valence-electron chi connectivity index (χ2n) is 2.71. The highest BCUT2D eigenvalue weighted by Gasteiger charge is 1.97. The van der Waals surface area contributed by atoms with Crippen LogP contribution in [0.4, 0.5) is 0 Å². The van der Waals surface area contributed by atoms with Gasteiger partial charge in [0, 0.05) is 19.3 Å². The van der Waals surface area contributed by atoms with Crippen LogP contribution in [0.3, 0.4) is 0 Å². The molecule has 0 saturated carbocycles. The van der Waals surface area contributed by atoms with Gasteiger partial charge >= 0.3 is 0 Å². The molecule has 0 N–H and O–H groups in total. The average molecular weight is 200 g/mol. The molecule has 0 saturated heterocycles. The van der Waals surface area contributed by atoms with E-state index < -0.39 is 0 Å². The van der Waals surface area contributed by atoms with E-state index in [1.54, 1.807) is 0 Å². The van der Waals surface area contributed by atoms with Crippen molar-refractivity contribution in [1.29, 1.82) is 0 Å². The van der Waals surface area contributed by atoms with Crippen LogP contribution in [-0.4, -0.2) is 9.13 Å². The van der Waals surface area contributed by atoms with Crippen LogP contribution in [-0.2, 0) is 13.6 Å². The third-order valence-corrected chi connectivity index (χ3v) is 2.81. The molecule has 2 nitrogen and oxygen atoms in total. The van der Waals surface area contributed by atoms with E-state index in [9.17, 15) is 0 Å². The topological polar surface area (TPSA) is 9.86 Å². The first kappa shape index (κ1) is 9.61. The molecule has 0 bridgehead atoms. The van der Waals surface area contributed by atoms with Crippen LogP contribution < -0.4 is 0 Å². The van der Waals surface area contributed by atoms with Gasteiger partial charge in [-0.3, -0.25) is 0 Å². The van der Waals surface area contributed by atoms with Gasteiger partial charge < -0.3 is 9.13 Å². The van der Waals surface area contributed by atoms with E-state index in [0.717, 1.165) is 21.7 Å². The van der Waals surface area contributed by atoms with Crippen molar-refractivity contribution < 1.29 is 0 Å². The smallest absolute Gasteiger partial charge is 0.180 e. The highest BCUT2D eigenvalue weighted by atomic mass is 32.1. The molecule has 0 unspecified atom stereocenters.